The summed E-state index contributed by atoms with van der Waals surface area (Å²) < 4.78 is 23.9. The Hall–Kier alpha value is -1.05. The molecule has 0 aromatic heterocycles. The van der Waals surface area contributed by atoms with Gasteiger partial charge in [0.1, 0.15) is 0 Å². The number of hydrogen-bond acceptors (Lipinski definition) is 4. The van der Waals surface area contributed by atoms with Crippen LogP contribution < -0.4 is 0 Å². The Kier molecular flexibility index (Phi) is 5.22. The minimum absolute atomic E-state index is 0.0459. The van der Waals surface area contributed by atoms with E-state index in [2.05, 4.69) is 4.99 Å². The van der Waals surface area contributed by atoms with Crippen molar-refractivity contribution >= 4 is 44.3 Å². The lowest BCUT2D eigenvalue weighted by molar-refractivity contribution is -0.117. The van der Waals surface area contributed by atoms with Gasteiger partial charge in [-0.25, -0.2) is 8.42 Å². The molecule has 2 aliphatic heterocycles. The van der Waals surface area contributed by atoms with E-state index in [4.69, 9.17) is 11.6 Å². The normalized spacial score (nSPS) is 26.8. The maximum atomic E-state index is 12.0. The third-order valence-electron chi connectivity index (χ3n) is 4.13. The zero-order chi connectivity index (χ0) is 17.3. The minimum atomic E-state index is -3.02. The van der Waals surface area contributed by atoms with Crippen LogP contribution in [0.25, 0.3) is 0 Å². The van der Waals surface area contributed by atoms with E-state index < -0.39 is 9.84 Å². The maximum Gasteiger partial charge on any atom is 0.248 e. The molecule has 130 valence electrons. The molecule has 0 unspecified atom stereocenters. The lowest BCUT2D eigenvalue weighted by Crippen LogP contribution is -2.37. The number of nitrogens with zero attached hydrogens (tertiary/aromatic N) is 2. The van der Waals surface area contributed by atoms with E-state index in [-0.39, 0.29) is 28.7 Å². The van der Waals surface area contributed by atoms with Crippen LogP contribution in [0.3, 0.4) is 0 Å². The van der Waals surface area contributed by atoms with Crippen molar-refractivity contribution in [2.75, 3.05) is 11.5 Å². The van der Waals surface area contributed by atoms with Crippen molar-refractivity contribution < 1.29 is 13.2 Å². The summed E-state index contributed by atoms with van der Waals surface area (Å²) in [4.78, 5) is 18.1. The van der Waals surface area contributed by atoms with Crippen molar-refractivity contribution in [2.45, 2.75) is 37.6 Å². The second kappa shape index (κ2) is 7.06. The van der Waals surface area contributed by atoms with Gasteiger partial charge in [-0.3, -0.25) is 4.79 Å². The van der Waals surface area contributed by atoms with Gasteiger partial charge in [0.2, 0.25) is 5.91 Å². The smallest absolute Gasteiger partial charge is 0.248 e. The van der Waals surface area contributed by atoms with Gasteiger partial charge in [-0.2, -0.15) is 4.99 Å². The number of carbonyl (C=O) groups excluding carboxylic acids is 1. The molecule has 0 N–H and O–H groups in total. The molecule has 5 nitrogen and oxygen atoms in total. The van der Waals surface area contributed by atoms with Crippen LogP contribution in [0, 0.1) is 0 Å². The number of aliphatic imine (C=N–C) groups is 1. The highest BCUT2D eigenvalue weighted by atomic mass is 35.5. The van der Waals surface area contributed by atoms with Gasteiger partial charge in [-0.1, -0.05) is 42.4 Å². The Morgan fingerprint density at radius 2 is 2.04 bits per heavy atom. The Morgan fingerprint density at radius 3 is 2.71 bits per heavy atom. The van der Waals surface area contributed by atoms with E-state index >= 15 is 0 Å². The summed E-state index contributed by atoms with van der Waals surface area (Å²) in [7, 11) is -3.02. The first-order chi connectivity index (χ1) is 11.4. The lowest BCUT2D eigenvalue weighted by Gasteiger charge is -2.24. The number of hydrogen-bond donors (Lipinski definition) is 0. The largest absolute Gasteiger partial charge is 0.342 e. The van der Waals surface area contributed by atoms with Crippen molar-refractivity contribution in [2.24, 2.45) is 4.99 Å². The Balaban J connectivity index is 1.86. The minimum Gasteiger partial charge on any atom is -0.342 e. The Bertz CT molecular complexity index is 762. The van der Waals surface area contributed by atoms with E-state index in [0.717, 1.165) is 12.0 Å². The molecule has 2 atom stereocenters. The number of amides is 1. The molecular weight excluding hydrogens is 368 g/mol. The number of rotatable bonds is 4. The highest BCUT2D eigenvalue weighted by molar-refractivity contribution is 8.15. The molecular formula is C16H19ClN2O3S2. The zero-order valence-corrected chi connectivity index (χ0v) is 15.7. The highest BCUT2D eigenvalue weighted by Crippen LogP contribution is 2.39. The first kappa shape index (κ1) is 17.8. The van der Waals surface area contributed by atoms with Gasteiger partial charge >= 0.3 is 0 Å². The van der Waals surface area contributed by atoms with Crippen molar-refractivity contribution in [3.05, 3.63) is 34.9 Å². The van der Waals surface area contributed by atoms with Crippen LogP contribution in [0.4, 0.5) is 0 Å². The van der Waals surface area contributed by atoms with Crippen LogP contribution in [-0.4, -0.2) is 47.2 Å². The number of thioether (sulfide) groups is 1. The molecule has 8 heteroatoms. The third-order valence-corrected chi connectivity index (χ3v) is 7.62. The first-order valence-corrected chi connectivity index (χ1v) is 11.0. The molecule has 1 aromatic rings. The van der Waals surface area contributed by atoms with Gasteiger partial charge < -0.3 is 4.90 Å². The molecule has 2 aliphatic rings. The third kappa shape index (κ3) is 3.95. The van der Waals surface area contributed by atoms with Gasteiger partial charge in [-0.15, -0.1) is 0 Å². The fourth-order valence-corrected chi connectivity index (χ4v) is 7.08. The summed E-state index contributed by atoms with van der Waals surface area (Å²) in [6.07, 6.45) is 1.16. The molecule has 0 saturated carbocycles. The second-order valence-electron chi connectivity index (χ2n) is 6.09. The Labute approximate surface area is 151 Å². The maximum absolute atomic E-state index is 12.0. The fourth-order valence-electron chi connectivity index (χ4n) is 2.98. The second-order valence-corrected chi connectivity index (χ2v) is 9.89. The number of carbonyl (C=O) groups is 1. The monoisotopic (exact) mass is 386 g/mol. The molecule has 3 rings (SSSR count). The summed E-state index contributed by atoms with van der Waals surface area (Å²) >= 11 is 7.34. The average Bonchev–Trinajstić information content (AvgIpc) is 2.95. The fraction of sp³-hybridized carbons (Fsp3) is 0.500. The number of sulfone groups is 1. The van der Waals surface area contributed by atoms with Gasteiger partial charge in [0.05, 0.1) is 17.5 Å². The predicted octanol–water partition coefficient (Wildman–Crippen LogP) is 2.74. The predicted molar refractivity (Wildman–Crippen MR) is 98.2 cm³/mol. The summed E-state index contributed by atoms with van der Waals surface area (Å²) in [5.41, 5.74) is 1.01. The quantitative estimate of drug-likeness (QED) is 0.795. The van der Waals surface area contributed by atoms with E-state index in [1.165, 1.54) is 11.8 Å². The number of amidine groups is 1. The molecule has 24 heavy (non-hydrogen) atoms. The average molecular weight is 387 g/mol. The summed E-state index contributed by atoms with van der Waals surface area (Å²) in [5.74, 6) is 0.128. The van der Waals surface area contributed by atoms with Gasteiger partial charge in [0, 0.05) is 23.2 Å². The summed E-state index contributed by atoms with van der Waals surface area (Å²) in [5, 5.41) is 1.26. The summed E-state index contributed by atoms with van der Waals surface area (Å²) in [6.45, 7) is 2.46. The number of halogens is 1. The molecule has 1 aromatic carbocycles. The van der Waals surface area contributed by atoms with Crippen LogP contribution in [0.1, 0.15) is 25.3 Å². The molecule has 2 fully saturated rings. The number of benzene rings is 1. The van der Waals surface area contributed by atoms with E-state index in [1.54, 1.807) is 0 Å². The van der Waals surface area contributed by atoms with Gasteiger partial charge in [0.15, 0.2) is 15.0 Å². The zero-order valence-electron chi connectivity index (χ0n) is 13.3. The van der Waals surface area contributed by atoms with Crippen LogP contribution in [-0.2, 0) is 21.2 Å². The van der Waals surface area contributed by atoms with Crippen molar-refractivity contribution in [3.8, 4) is 0 Å². The molecule has 0 aliphatic carbocycles. The highest BCUT2D eigenvalue weighted by Gasteiger charge is 2.48. The van der Waals surface area contributed by atoms with Crippen LogP contribution >= 0.6 is 23.4 Å². The molecule has 2 heterocycles. The molecule has 0 bridgehead atoms. The van der Waals surface area contributed by atoms with E-state index in [1.807, 2.05) is 36.1 Å². The first-order valence-electron chi connectivity index (χ1n) is 7.87. The van der Waals surface area contributed by atoms with Crippen molar-refractivity contribution in [3.63, 3.8) is 0 Å². The van der Waals surface area contributed by atoms with Gasteiger partial charge in [0.25, 0.3) is 0 Å². The lowest BCUT2D eigenvalue weighted by atomic mass is 10.1. The molecule has 1 amide bonds. The SMILES string of the molecule is CCCC(=O)N=C1S[C@@H]2CS(=O)(=O)C[C@@H]2N1Cc1ccc(Cl)cc1. The van der Waals surface area contributed by atoms with E-state index in [0.29, 0.717) is 23.2 Å². The van der Waals surface area contributed by atoms with Crippen molar-refractivity contribution in [1.29, 1.82) is 0 Å². The van der Waals surface area contributed by atoms with Crippen LogP contribution in [0.15, 0.2) is 29.3 Å². The molecule has 0 spiro atoms. The standard InChI is InChI=1S/C16H19ClN2O3S2/c1-2-3-15(20)18-16-19(8-11-4-6-12(17)7-5-11)13-9-24(21,22)10-14(13)23-16/h4-7,13-14H,2-3,8-10H2,1H3/t13-,14+/m0/s1. The van der Waals surface area contributed by atoms with Crippen molar-refractivity contribution in [1.82, 2.24) is 4.90 Å². The molecule has 0 radical (unpaired) electrons. The van der Waals surface area contributed by atoms with Gasteiger partial charge in [-0.05, 0) is 24.1 Å². The van der Waals surface area contributed by atoms with E-state index in [9.17, 15) is 13.2 Å². The topological polar surface area (TPSA) is 66.8 Å². The Morgan fingerprint density at radius 1 is 1.33 bits per heavy atom. The summed E-state index contributed by atoms with van der Waals surface area (Å²) in [6, 6.07) is 7.32. The number of fused-ring (bicyclic) bond motifs is 1. The van der Waals surface area contributed by atoms with Crippen LogP contribution in [0.2, 0.25) is 5.02 Å². The van der Waals surface area contributed by atoms with Crippen LogP contribution in [0.5, 0.6) is 0 Å². The molecule has 2 saturated heterocycles.